The predicted octanol–water partition coefficient (Wildman–Crippen LogP) is 3.48. The van der Waals surface area contributed by atoms with Crippen LogP contribution in [0.2, 0.25) is 0 Å². The van der Waals surface area contributed by atoms with Gasteiger partial charge in [-0.15, -0.1) is 0 Å². The lowest BCUT2D eigenvalue weighted by Crippen LogP contribution is -2.37. The van der Waals surface area contributed by atoms with Gasteiger partial charge in [0, 0.05) is 5.69 Å². The van der Waals surface area contributed by atoms with Crippen LogP contribution in [-0.2, 0) is 14.8 Å². The molecule has 0 radical (unpaired) electrons. The highest BCUT2D eigenvalue weighted by Crippen LogP contribution is 2.21. The summed E-state index contributed by atoms with van der Waals surface area (Å²) in [7, 11) is -3.69. The van der Waals surface area contributed by atoms with Gasteiger partial charge >= 0.3 is 0 Å². The molecule has 0 heterocycles. The number of hydrogen-bond acceptors (Lipinski definition) is 4. The van der Waals surface area contributed by atoms with Crippen LogP contribution in [0.5, 0.6) is 0 Å². The minimum atomic E-state index is -3.69. The molecular formula is C20H23N3O3S. The number of amides is 1. The van der Waals surface area contributed by atoms with E-state index in [-0.39, 0.29) is 12.2 Å². The zero-order chi connectivity index (χ0) is 20.0. The van der Waals surface area contributed by atoms with E-state index in [1.807, 2.05) is 18.2 Å². The lowest BCUT2D eigenvalue weighted by atomic mass is 9.99. The zero-order valence-corrected chi connectivity index (χ0v) is 16.5. The zero-order valence-electron chi connectivity index (χ0n) is 15.6. The molecule has 0 fully saturated rings. The highest BCUT2D eigenvalue weighted by atomic mass is 32.2. The molecule has 0 aromatic heterocycles. The molecule has 0 unspecified atom stereocenters. The third-order valence-electron chi connectivity index (χ3n) is 4.33. The Balaban J connectivity index is 2.16. The first-order chi connectivity index (χ1) is 12.7. The number of sulfonamides is 1. The average molecular weight is 385 g/mol. The Bertz CT molecular complexity index is 947. The highest BCUT2D eigenvalue weighted by Gasteiger charge is 2.21. The lowest BCUT2D eigenvalue weighted by Gasteiger charge is -2.22. The molecule has 6 nitrogen and oxygen atoms in total. The van der Waals surface area contributed by atoms with Crippen molar-refractivity contribution in [2.75, 3.05) is 22.4 Å². The summed E-state index contributed by atoms with van der Waals surface area (Å²) in [5.41, 5.74) is 2.38. The van der Waals surface area contributed by atoms with Crippen LogP contribution in [0.1, 0.15) is 37.3 Å². The molecule has 2 rings (SSSR count). The van der Waals surface area contributed by atoms with Gasteiger partial charge in [0.25, 0.3) is 0 Å². The number of carbonyl (C=O) groups excluding carboxylic acids is 1. The van der Waals surface area contributed by atoms with Gasteiger partial charge in [-0.05, 0) is 48.2 Å². The van der Waals surface area contributed by atoms with Gasteiger partial charge in [0.15, 0.2) is 0 Å². The number of nitrogens with zero attached hydrogens (tertiary/aromatic N) is 2. The van der Waals surface area contributed by atoms with Crippen molar-refractivity contribution in [1.29, 1.82) is 5.26 Å². The minimum absolute atomic E-state index is 0.277. The SMILES string of the molecule is CC[C@@H](C)c1ccc(NC(=O)CN(c2cccc(C#N)c2)S(C)(=O)=O)cc1. The molecular weight excluding hydrogens is 362 g/mol. The molecule has 2 aromatic carbocycles. The van der Waals surface area contributed by atoms with Crippen molar-refractivity contribution in [2.24, 2.45) is 0 Å². The summed E-state index contributed by atoms with van der Waals surface area (Å²) in [5.74, 6) is -0.0260. The molecule has 0 bridgehead atoms. The van der Waals surface area contributed by atoms with Gasteiger partial charge in [-0.2, -0.15) is 5.26 Å². The van der Waals surface area contributed by atoms with E-state index >= 15 is 0 Å². The van der Waals surface area contributed by atoms with Crippen LogP contribution in [0.15, 0.2) is 48.5 Å². The second kappa shape index (κ2) is 8.69. The van der Waals surface area contributed by atoms with Crippen LogP contribution in [0.25, 0.3) is 0 Å². The van der Waals surface area contributed by atoms with E-state index < -0.39 is 15.9 Å². The molecule has 0 aliphatic heterocycles. The molecule has 2 aromatic rings. The first kappa shape index (κ1) is 20.5. The van der Waals surface area contributed by atoms with Crippen molar-refractivity contribution < 1.29 is 13.2 Å². The summed E-state index contributed by atoms with van der Waals surface area (Å²) in [6, 6.07) is 15.6. The summed E-state index contributed by atoms with van der Waals surface area (Å²) in [4.78, 5) is 12.4. The Morgan fingerprint density at radius 3 is 2.44 bits per heavy atom. The number of carbonyl (C=O) groups is 1. The van der Waals surface area contributed by atoms with Crippen LogP contribution in [0.3, 0.4) is 0 Å². The van der Waals surface area contributed by atoms with Crippen LogP contribution < -0.4 is 9.62 Å². The molecule has 1 N–H and O–H groups in total. The third kappa shape index (κ3) is 5.56. The van der Waals surface area contributed by atoms with Crippen molar-refractivity contribution in [2.45, 2.75) is 26.2 Å². The summed E-state index contributed by atoms with van der Waals surface area (Å²) in [6.45, 7) is 3.87. The van der Waals surface area contributed by atoms with Crippen molar-refractivity contribution in [3.8, 4) is 6.07 Å². The van der Waals surface area contributed by atoms with E-state index in [4.69, 9.17) is 5.26 Å². The fraction of sp³-hybridized carbons (Fsp3) is 0.300. The van der Waals surface area contributed by atoms with E-state index in [0.29, 0.717) is 17.2 Å². The molecule has 0 spiro atoms. The monoisotopic (exact) mass is 385 g/mol. The number of nitrogens with one attached hydrogen (secondary N) is 1. The van der Waals surface area contributed by atoms with Crippen LogP contribution in [0.4, 0.5) is 11.4 Å². The van der Waals surface area contributed by atoms with Gasteiger partial charge in [-0.1, -0.05) is 32.0 Å². The van der Waals surface area contributed by atoms with Crippen LogP contribution in [0, 0.1) is 11.3 Å². The predicted molar refractivity (Wildman–Crippen MR) is 107 cm³/mol. The topological polar surface area (TPSA) is 90.3 Å². The van der Waals surface area contributed by atoms with Crippen molar-refractivity contribution in [3.63, 3.8) is 0 Å². The summed E-state index contributed by atoms with van der Waals surface area (Å²) >= 11 is 0. The number of hydrogen-bond donors (Lipinski definition) is 1. The van der Waals surface area contributed by atoms with Crippen molar-refractivity contribution in [3.05, 3.63) is 59.7 Å². The summed E-state index contributed by atoms with van der Waals surface area (Å²) < 4.78 is 25.3. The fourth-order valence-electron chi connectivity index (χ4n) is 2.59. The van der Waals surface area contributed by atoms with E-state index in [1.165, 1.54) is 11.6 Å². The van der Waals surface area contributed by atoms with E-state index in [1.54, 1.807) is 30.3 Å². The Kier molecular flexibility index (Phi) is 6.59. The number of benzene rings is 2. The normalized spacial score (nSPS) is 12.1. The first-order valence-corrected chi connectivity index (χ1v) is 10.5. The maximum absolute atomic E-state index is 12.4. The second-order valence-corrected chi connectivity index (χ2v) is 8.32. The standard InChI is InChI=1S/C20H23N3O3S/c1-4-15(2)17-8-10-18(11-9-17)22-20(24)14-23(27(3,25)26)19-7-5-6-16(12-19)13-21/h5-12,15H,4,14H2,1-3H3,(H,22,24)/t15-/m1/s1. The molecule has 0 saturated carbocycles. The van der Waals surface area contributed by atoms with Crippen molar-refractivity contribution >= 4 is 27.3 Å². The molecule has 0 saturated heterocycles. The van der Waals surface area contributed by atoms with Gasteiger partial charge in [0.1, 0.15) is 6.54 Å². The van der Waals surface area contributed by atoms with E-state index in [9.17, 15) is 13.2 Å². The molecule has 1 atom stereocenters. The Morgan fingerprint density at radius 2 is 1.89 bits per heavy atom. The molecule has 7 heteroatoms. The molecule has 0 aliphatic rings. The number of rotatable bonds is 7. The van der Waals surface area contributed by atoms with Gasteiger partial charge in [0.05, 0.1) is 23.6 Å². The van der Waals surface area contributed by atoms with E-state index in [2.05, 4.69) is 19.2 Å². The van der Waals surface area contributed by atoms with Gasteiger partial charge in [-0.3, -0.25) is 9.10 Å². The second-order valence-electron chi connectivity index (χ2n) is 6.41. The van der Waals surface area contributed by atoms with Gasteiger partial charge in [0.2, 0.25) is 15.9 Å². The third-order valence-corrected chi connectivity index (χ3v) is 5.47. The number of anilines is 2. The largest absolute Gasteiger partial charge is 0.325 e. The number of nitriles is 1. The minimum Gasteiger partial charge on any atom is -0.325 e. The quantitative estimate of drug-likeness (QED) is 0.790. The molecule has 142 valence electrons. The fourth-order valence-corrected chi connectivity index (χ4v) is 3.44. The summed E-state index contributed by atoms with van der Waals surface area (Å²) in [6.07, 6.45) is 2.05. The highest BCUT2D eigenvalue weighted by molar-refractivity contribution is 7.92. The first-order valence-electron chi connectivity index (χ1n) is 8.62. The Hall–Kier alpha value is -2.85. The Labute approximate surface area is 160 Å². The average Bonchev–Trinajstić information content (AvgIpc) is 2.65. The van der Waals surface area contributed by atoms with Crippen LogP contribution >= 0.6 is 0 Å². The Morgan fingerprint density at radius 1 is 1.22 bits per heavy atom. The molecule has 0 aliphatic carbocycles. The molecule has 27 heavy (non-hydrogen) atoms. The maximum Gasteiger partial charge on any atom is 0.245 e. The summed E-state index contributed by atoms with van der Waals surface area (Å²) in [5, 5.41) is 11.7. The smallest absolute Gasteiger partial charge is 0.245 e. The van der Waals surface area contributed by atoms with Gasteiger partial charge in [-0.25, -0.2) is 8.42 Å². The lowest BCUT2D eigenvalue weighted by molar-refractivity contribution is -0.114. The van der Waals surface area contributed by atoms with Crippen LogP contribution in [-0.4, -0.2) is 27.1 Å². The van der Waals surface area contributed by atoms with E-state index in [0.717, 1.165) is 17.0 Å². The maximum atomic E-state index is 12.4. The van der Waals surface area contributed by atoms with Gasteiger partial charge < -0.3 is 5.32 Å². The van der Waals surface area contributed by atoms with Crippen molar-refractivity contribution in [1.82, 2.24) is 0 Å². The molecule has 1 amide bonds.